The lowest BCUT2D eigenvalue weighted by molar-refractivity contribution is 0.669. The van der Waals surface area contributed by atoms with E-state index in [2.05, 4.69) is 223 Å². The zero-order chi connectivity index (χ0) is 41.7. The average Bonchev–Trinajstić information content (AvgIpc) is 3.95. The average molecular weight is 806 g/mol. The summed E-state index contributed by atoms with van der Waals surface area (Å²) < 4.78 is 13.2. The van der Waals surface area contributed by atoms with E-state index >= 15 is 0 Å². The second-order valence-corrected chi connectivity index (χ2v) is 16.0. The van der Waals surface area contributed by atoms with Gasteiger partial charge in [0.2, 0.25) is 0 Å². The minimum Gasteiger partial charge on any atom is -0.456 e. The van der Waals surface area contributed by atoms with E-state index in [-0.39, 0.29) is 0 Å². The molecule has 12 aromatic rings. The van der Waals surface area contributed by atoms with Crippen LogP contribution < -0.4 is 4.90 Å². The summed E-state index contributed by atoms with van der Waals surface area (Å²) >= 11 is 0. The van der Waals surface area contributed by atoms with Gasteiger partial charge >= 0.3 is 0 Å². The Morgan fingerprint density at radius 1 is 0.270 bits per heavy atom. The lowest BCUT2D eigenvalue weighted by Gasteiger charge is -2.26. The molecule has 0 N–H and O–H groups in total. The normalized spacial score (nSPS) is 11.5. The molecule has 0 bridgehead atoms. The molecule has 12 rings (SSSR count). The van der Waals surface area contributed by atoms with E-state index in [9.17, 15) is 0 Å². The summed E-state index contributed by atoms with van der Waals surface area (Å²) in [5.74, 6) is 0. The minimum atomic E-state index is 0.852. The lowest BCUT2D eigenvalue weighted by Crippen LogP contribution is -2.10. The van der Waals surface area contributed by atoms with Gasteiger partial charge in [-0.1, -0.05) is 188 Å². The molecular formula is C60H39NO2. The molecule has 0 atom stereocenters. The van der Waals surface area contributed by atoms with Crippen LogP contribution in [-0.4, -0.2) is 0 Å². The summed E-state index contributed by atoms with van der Waals surface area (Å²) in [5.41, 5.74) is 18.1. The van der Waals surface area contributed by atoms with Crippen LogP contribution in [0.15, 0.2) is 245 Å². The molecule has 10 aromatic carbocycles. The van der Waals surface area contributed by atoms with E-state index < -0.39 is 0 Å². The zero-order valence-electron chi connectivity index (χ0n) is 34.3. The molecule has 0 unspecified atom stereocenters. The fourth-order valence-electron chi connectivity index (χ4n) is 9.30. The maximum atomic E-state index is 6.81. The Bertz CT molecular complexity index is 3590. The molecule has 2 aromatic heterocycles. The van der Waals surface area contributed by atoms with Crippen LogP contribution in [0, 0.1) is 0 Å². The number of fused-ring (bicyclic) bond motifs is 6. The standard InChI is InChI=1S/C60H39NO2/c1-4-15-41(16-5-1)48-38-33-45(39-54(48)43-19-8-3-9-20-43)40-29-34-46(35-30-40)61(55-26-14-28-57-58(55)53-21-10-11-27-56(53)62-57)47-36-31-44(32-37-47)50-23-13-25-52-51-24-12-22-49(59(51)63-60(50)52)42-17-6-2-7-18-42/h1-39H. The zero-order valence-corrected chi connectivity index (χ0v) is 34.3. The molecule has 63 heavy (non-hydrogen) atoms. The summed E-state index contributed by atoms with van der Waals surface area (Å²) in [7, 11) is 0. The predicted octanol–water partition coefficient (Wildman–Crippen LogP) is 17.3. The summed E-state index contributed by atoms with van der Waals surface area (Å²) in [6, 6.07) is 83.9. The third kappa shape index (κ3) is 6.38. The van der Waals surface area contributed by atoms with Crippen molar-refractivity contribution in [3.63, 3.8) is 0 Å². The highest BCUT2D eigenvalue weighted by Gasteiger charge is 2.21. The Hall–Kier alpha value is -8.40. The molecule has 0 fully saturated rings. The Balaban J connectivity index is 0.970. The van der Waals surface area contributed by atoms with Gasteiger partial charge in [-0.25, -0.2) is 0 Å². The highest BCUT2D eigenvalue weighted by atomic mass is 16.3. The van der Waals surface area contributed by atoms with Crippen LogP contribution in [0.2, 0.25) is 0 Å². The highest BCUT2D eigenvalue weighted by molar-refractivity contribution is 6.14. The number of benzene rings is 10. The van der Waals surface area contributed by atoms with E-state index in [4.69, 9.17) is 8.83 Å². The van der Waals surface area contributed by atoms with Crippen LogP contribution in [0.3, 0.4) is 0 Å². The molecule has 0 aliphatic rings. The van der Waals surface area contributed by atoms with Gasteiger partial charge in [0.15, 0.2) is 0 Å². The van der Waals surface area contributed by atoms with Gasteiger partial charge in [0, 0.05) is 38.7 Å². The van der Waals surface area contributed by atoms with Crippen molar-refractivity contribution in [2.45, 2.75) is 0 Å². The van der Waals surface area contributed by atoms with Crippen LogP contribution in [-0.2, 0) is 0 Å². The lowest BCUT2D eigenvalue weighted by atomic mass is 9.91. The largest absolute Gasteiger partial charge is 0.456 e. The summed E-state index contributed by atoms with van der Waals surface area (Å²) in [5, 5.41) is 4.38. The maximum absolute atomic E-state index is 6.81. The van der Waals surface area contributed by atoms with Gasteiger partial charge < -0.3 is 13.7 Å². The second-order valence-electron chi connectivity index (χ2n) is 16.0. The number of hydrogen-bond acceptors (Lipinski definition) is 3. The molecule has 296 valence electrons. The van der Waals surface area contributed by atoms with E-state index in [1.54, 1.807) is 0 Å². The quantitative estimate of drug-likeness (QED) is 0.153. The fraction of sp³-hybridized carbons (Fsp3) is 0. The van der Waals surface area contributed by atoms with Crippen LogP contribution in [0.25, 0.3) is 99.5 Å². The molecule has 0 aliphatic carbocycles. The second kappa shape index (κ2) is 15.3. The first kappa shape index (κ1) is 36.5. The first-order valence-corrected chi connectivity index (χ1v) is 21.4. The number of rotatable bonds is 8. The van der Waals surface area contributed by atoms with Gasteiger partial charge in [0.05, 0.1) is 11.1 Å². The Morgan fingerprint density at radius 3 is 1.35 bits per heavy atom. The van der Waals surface area contributed by atoms with Gasteiger partial charge in [-0.15, -0.1) is 0 Å². The summed E-state index contributed by atoms with van der Waals surface area (Å²) in [6.45, 7) is 0. The maximum Gasteiger partial charge on any atom is 0.143 e. The number of nitrogens with zero attached hydrogens (tertiary/aromatic N) is 1. The topological polar surface area (TPSA) is 29.5 Å². The van der Waals surface area contributed by atoms with Crippen molar-refractivity contribution in [2.24, 2.45) is 0 Å². The third-order valence-electron chi connectivity index (χ3n) is 12.3. The molecule has 0 spiro atoms. The van der Waals surface area contributed by atoms with E-state index in [0.29, 0.717) is 0 Å². The Labute approximate surface area is 365 Å². The third-order valence-corrected chi connectivity index (χ3v) is 12.3. The van der Waals surface area contributed by atoms with E-state index in [0.717, 1.165) is 94.3 Å². The smallest absolute Gasteiger partial charge is 0.143 e. The van der Waals surface area contributed by atoms with Crippen molar-refractivity contribution in [2.75, 3.05) is 4.90 Å². The van der Waals surface area contributed by atoms with Crippen LogP contribution in [0.1, 0.15) is 0 Å². The van der Waals surface area contributed by atoms with Gasteiger partial charge in [-0.05, 0) is 93.0 Å². The predicted molar refractivity (Wildman–Crippen MR) is 263 cm³/mol. The van der Waals surface area contributed by atoms with Crippen molar-refractivity contribution in [3.05, 3.63) is 237 Å². The number of anilines is 3. The molecule has 0 radical (unpaired) electrons. The van der Waals surface area contributed by atoms with Crippen molar-refractivity contribution in [1.82, 2.24) is 0 Å². The first-order chi connectivity index (χ1) is 31.2. The molecular weight excluding hydrogens is 767 g/mol. The fourth-order valence-corrected chi connectivity index (χ4v) is 9.30. The Kier molecular flexibility index (Phi) is 8.83. The first-order valence-electron chi connectivity index (χ1n) is 21.4. The van der Waals surface area contributed by atoms with Crippen LogP contribution in [0.5, 0.6) is 0 Å². The van der Waals surface area contributed by atoms with Gasteiger partial charge in [-0.2, -0.15) is 0 Å². The van der Waals surface area contributed by atoms with Crippen LogP contribution in [0.4, 0.5) is 17.1 Å². The minimum absolute atomic E-state index is 0.852. The summed E-state index contributed by atoms with van der Waals surface area (Å²) in [4.78, 5) is 2.35. The van der Waals surface area contributed by atoms with Gasteiger partial charge in [-0.3, -0.25) is 0 Å². The Morgan fingerprint density at radius 2 is 0.730 bits per heavy atom. The molecule has 2 heterocycles. The molecule has 3 nitrogen and oxygen atoms in total. The number of hydrogen-bond donors (Lipinski definition) is 0. The van der Waals surface area contributed by atoms with Gasteiger partial charge in [0.25, 0.3) is 0 Å². The van der Waals surface area contributed by atoms with Crippen molar-refractivity contribution < 1.29 is 8.83 Å². The number of para-hydroxylation sites is 3. The molecule has 0 saturated heterocycles. The van der Waals surface area contributed by atoms with Crippen molar-refractivity contribution in [3.8, 4) is 55.6 Å². The monoisotopic (exact) mass is 805 g/mol. The van der Waals surface area contributed by atoms with E-state index in [1.807, 2.05) is 18.2 Å². The summed E-state index contributed by atoms with van der Waals surface area (Å²) in [6.07, 6.45) is 0. The molecule has 0 amide bonds. The molecule has 0 saturated carbocycles. The SMILES string of the molecule is c1ccc(-c2ccc(-c3ccc(N(c4ccc(-c5cccc6c5oc5c(-c7ccccc7)cccc56)cc4)c4cccc5oc6ccccc6c45)cc3)cc2-c2ccccc2)cc1. The van der Waals surface area contributed by atoms with E-state index in [1.165, 1.54) is 22.3 Å². The van der Waals surface area contributed by atoms with Crippen LogP contribution >= 0.6 is 0 Å². The van der Waals surface area contributed by atoms with Crippen molar-refractivity contribution in [1.29, 1.82) is 0 Å². The number of furan rings is 2. The van der Waals surface area contributed by atoms with Crippen molar-refractivity contribution >= 4 is 60.9 Å². The highest BCUT2D eigenvalue weighted by Crippen LogP contribution is 2.45. The van der Waals surface area contributed by atoms with Gasteiger partial charge in [0.1, 0.15) is 22.3 Å². The molecule has 3 heteroatoms. The molecule has 0 aliphatic heterocycles.